The molecule has 25 heavy (non-hydrogen) atoms. The van der Waals surface area contributed by atoms with Crippen LogP contribution in [0.5, 0.6) is 0 Å². The van der Waals surface area contributed by atoms with E-state index in [0.29, 0.717) is 11.9 Å². The molecule has 1 heterocycles. The van der Waals surface area contributed by atoms with Gasteiger partial charge in [0.25, 0.3) is 0 Å². The standard InChI is InChI=1S/C19H22BFN2O2/c1-19(14-16-10-6-4-7-11-16)18(24)25-20(21,23(19)15-22(2)3)17-12-8-5-9-13-17/h4-13,15H,14H2,1-3H3/b23-15+/t19-,20?/m0/s1. The van der Waals surface area contributed by atoms with Crippen LogP contribution in [-0.4, -0.2) is 48.1 Å². The number of benzene rings is 2. The molecule has 1 unspecified atom stereocenters. The molecule has 0 radical (unpaired) electrons. The average Bonchev–Trinajstić information content (AvgIpc) is 2.78. The maximum absolute atomic E-state index is 16.0. The van der Waals surface area contributed by atoms with Gasteiger partial charge in [0, 0.05) is 6.42 Å². The summed E-state index contributed by atoms with van der Waals surface area (Å²) >= 11 is 0. The third-order valence-electron chi connectivity index (χ3n) is 4.59. The first-order valence-electron chi connectivity index (χ1n) is 8.32. The molecule has 1 aliphatic heterocycles. The Morgan fingerprint density at radius 1 is 1.12 bits per heavy atom. The largest absolute Gasteiger partial charge is 0.619 e. The van der Waals surface area contributed by atoms with E-state index in [1.165, 1.54) is 4.49 Å². The van der Waals surface area contributed by atoms with Crippen LogP contribution in [-0.2, 0) is 15.9 Å². The van der Waals surface area contributed by atoms with Crippen molar-refractivity contribution in [3.63, 3.8) is 0 Å². The topological polar surface area (TPSA) is 32.5 Å². The maximum atomic E-state index is 16.0. The van der Waals surface area contributed by atoms with Gasteiger partial charge in [-0.3, -0.25) is 9.69 Å². The summed E-state index contributed by atoms with van der Waals surface area (Å²) in [5, 5.41) is 0. The third-order valence-corrected chi connectivity index (χ3v) is 4.59. The van der Waals surface area contributed by atoms with E-state index < -0.39 is 18.3 Å². The molecule has 1 aliphatic rings. The summed E-state index contributed by atoms with van der Waals surface area (Å²) in [7, 11) is 3.60. The molecule has 0 bridgehead atoms. The lowest BCUT2D eigenvalue weighted by atomic mass is 9.66. The van der Waals surface area contributed by atoms with Gasteiger partial charge in [-0.25, -0.2) is 0 Å². The highest BCUT2D eigenvalue weighted by Gasteiger charge is 2.59. The quantitative estimate of drug-likeness (QED) is 0.630. The van der Waals surface area contributed by atoms with Crippen molar-refractivity contribution in [2.45, 2.75) is 18.9 Å². The summed E-state index contributed by atoms with van der Waals surface area (Å²) in [6.45, 7) is -1.41. The van der Waals surface area contributed by atoms with Crippen molar-refractivity contribution in [3.8, 4) is 0 Å². The van der Waals surface area contributed by atoms with Crippen molar-refractivity contribution >= 4 is 24.5 Å². The molecule has 1 fully saturated rings. The normalized spacial score (nSPS) is 27.4. The molecule has 0 amide bonds. The number of halogens is 1. The van der Waals surface area contributed by atoms with Crippen LogP contribution >= 0.6 is 0 Å². The SMILES string of the molecule is CN(C)/C=[N+]1/[B-](F)(c2ccccc2)OC(=O)[C@]1(C)Cc1ccccc1. The van der Waals surface area contributed by atoms with Crippen molar-refractivity contribution < 1.29 is 18.3 Å². The monoisotopic (exact) mass is 340 g/mol. The molecule has 3 rings (SSSR count). The molecule has 2 aromatic carbocycles. The van der Waals surface area contributed by atoms with Crippen LogP contribution in [0.2, 0.25) is 0 Å². The number of hydrogen-bond acceptors (Lipinski definition) is 2. The second kappa shape index (κ2) is 6.35. The number of rotatable bonds is 4. The van der Waals surface area contributed by atoms with Crippen molar-refractivity contribution in [2.24, 2.45) is 0 Å². The summed E-state index contributed by atoms with van der Waals surface area (Å²) < 4.78 is 22.8. The van der Waals surface area contributed by atoms with Gasteiger partial charge in [0.1, 0.15) is 0 Å². The zero-order valence-electron chi connectivity index (χ0n) is 14.7. The van der Waals surface area contributed by atoms with E-state index in [9.17, 15) is 4.79 Å². The molecule has 6 heteroatoms. The Bertz CT molecular complexity index is 798. The smallest absolute Gasteiger partial charge is 0.568 e. The molecule has 0 aliphatic carbocycles. The predicted molar refractivity (Wildman–Crippen MR) is 97.6 cm³/mol. The lowest BCUT2D eigenvalue weighted by Gasteiger charge is -2.31. The summed E-state index contributed by atoms with van der Waals surface area (Å²) in [5.41, 5.74) is 0.175. The zero-order valence-corrected chi connectivity index (χ0v) is 14.7. The molecule has 0 aromatic heterocycles. The van der Waals surface area contributed by atoms with Gasteiger partial charge in [-0.1, -0.05) is 66.1 Å². The highest BCUT2D eigenvalue weighted by atomic mass is 19.1. The van der Waals surface area contributed by atoms with Crippen LogP contribution in [0.25, 0.3) is 0 Å². The molecule has 0 saturated carbocycles. The van der Waals surface area contributed by atoms with Gasteiger partial charge in [0.2, 0.25) is 0 Å². The fourth-order valence-electron chi connectivity index (χ4n) is 3.34. The van der Waals surface area contributed by atoms with E-state index in [1.807, 2.05) is 36.4 Å². The maximum Gasteiger partial charge on any atom is 0.568 e. The molecule has 130 valence electrons. The van der Waals surface area contributed by atoms with Crippen molar-refractivity contribution in [2.75, 3.05) is 14.1 Å². The molecular formula is C19H22BFN2O2. The molecule has 0 spiro atoms. The first-order valence-corrected chi connectivity index (χ1v) is 8.32. The van der Waals surface area contributed by atoms with E-state index in [2.05, 4.69) is 0 Å². The summed E-state index contributed by atoms with van der Waals surface area (Å²) in [4.78, 5) is 14.5. The number of carbonyl (C=O) groups is 1. The van der Waals surface area contributed by atoms with Gasteiger partial charge in [-0.2, -0.15) is 0 Å². The number of hydrogen-bond donors (Lipinski definition) is 0. The first-order chi connectivity index (χ1) is 11.9. The fraction of sp³-hybridized carbons (Fsp3) is 0.263. The van der Waals surface area contributed by atoms with E-state index in [1.54, 1.807) is 56.5 Å². The van der Waals surface area contributed by atoms with Gasteiger partial charge in [-0.05, 0) is 12.5 Å². The summed E-state index contributed by atoms with van der Waals surface area (Å²) in [6, 6.07) is 18.2. The lowest BCUT2D eigenvalue weighted by molar-refractivity contribution is -0.474. The Labute approximate surface area is 147 Å². The van der Waals surface area contributed by atoms with Crippen LogP contribution in [0.15, 0.2) is 60.7 Å². The van der Waals surface area contributed by atoms with Crippen LogP contribution < -0.4 is 5.46 Å². The van der Waals surface area contributed by atoms with E-state index in [4.69, 9.17) is 4.65 Å². The zero-order chi connectivity index (χ0) is 18.1. The second-order valence-electron chi connectivity index (χ2n) is 6.89. The Kier molecular flexibility index (Phi) is 4.37. The highest BCUT2D eigenvalue weighted by Crippen LogP contribution is 2.32. The molecule has 4 nitrogen and oxygen atoms in total. The Morgan fingerprint density at radius 2 is 1.68 bits per heavy atom. The Hall–Kier alpha value is -2.63. The van der Waals surface area contributed by atoms with E-state index >= 15 is 4.32 Å². The van der Waals surface area contributed by atoms with Crippen molar-refractivity contribution in [3.05, 3.63) is 66.2 Å². The van der Waals surface area contributed by atoms with Crippen LogP contribution in [0.4, 0.5) is 4.32 Å². The first kappa shape index (κ1) is 17.2. The molecule has 2 aromatic rings. The summed E-state index contributed by atoms with van der Waals surface area (Å²) in [6.07, 6.45) is 1.97. The predicted octanol–water partition coefficient (Wildman–Crippen LogP) is 1.96. The molecular weight excluding hydrogens is 318 g/mol. The Balaban J connectivity index is 2.11. The minimum absolute atomic E-state index is 0.353. The fourth-order valence-corrected chi connectivity index (χ4v) is 3.34. The van der Waals surface area contributed by atoms with Gasteiger partial charge in [-0.15, -0.1) is 0 Å². The van der Waals surface area contributed by atoms with Crippen LogP contribution in [0.1, 0.15) is 12.5 Å². The lowest BCUT2D eigenvalue weighted by Crippen LogP contribution is -2.58. The second-order valence-corrected chi connectivity index (χ2v) is 6.89. The van der Waals surface area contributed by atoms with Gasteiger partial charge in [0.15, 0.2) is 11.9 Å². The van der Waals surface area contributed by atoms with Crippen LogP contribution in [0, 0.1) is 0 Å². The Morgan fingerprint density at radius 3 is 2.24 bits per heavy atom. The van der Waals surface area contributed by atoms with Gasteiger partial charge >= 0.3 is 12.7 Å². The summed E-state index contributed by atoms with van der Waals surface area (Å²) in [5.74, 6) is -0.555. The molecule has 1 saturated heterocycles. The van der Waals surface area contributed by atoms with Gasteiger partial charge < -0.3 is 13.5 Å². The highest BCUT2D eigenvalue weighted by molar-refractivity contribution is 6.76. The van der Waals surface area contributed by atoms with Crippen molar-refractivity contribution in [1.82, 2.24) is 4.90 Å². The van der Waals surface area contributed by atoms with Crippen molar-refractivity contribution in [1.29, 1.82) is 0 Å². The van der Waals surface area contributed by atoms with Crippen LogP contribution in [0.3, 0.4) is 0 Å². The minimum atomic E-state index is -3.14. The van der Waals surface area contributed by atoms with E-state index in [0.717, 1.165) is 5.56 Å². The minimum Gasteiger partial charge on any atom is -0.619 e. The van der Waals surface area contributed by atoms with E-state index in [-0.39, 0.29) is 0 Å². The van der Waals surface area contributed by atoms with Gasteiger partial charge in [0.05, 0.1) is 14.1 Å². The molecule has 2 atom stereocenters. The number of carbonyl (C=O) groups excluding carboxylic acids is 1. The average molecular weight is 340 g/mol. The third kappa shape index (κ3) is 3.04. The number of nitrogens with zero attached hydrogens (tertiary/aromatic N) is 2. The molecule has 0 N–H and O–H groups in total.